The van der Waals surface area contributed by atoms with Crippen LogP contribution in [0.5, 0.6) is 0 Å². The lowest BCUT2D eigenvalue weighted by molar-refractivity contribution is -0.144. The summed E-state index contributed by atoms with van der Waals surface area (Å²) < 4.78 is 65.9. The first-order valence-corrected chi connectivity index (χ1v) is 12.7. The van der Waals surface area contributed by atoms with Gasteiger partial charge in [0.15, 0.2) is 0 Å². The summed E-state index contributed by atoms with van der Waals surface area (Å²) in [5.41, 5.74) is 2.96. The van der Waals surface area contributed by atoms with Gasteiger partial charge in [-0.25, -0.2) is 18.4 Å². The Labute approximate surface area is 204 Å². The predicted octanol–water partition coefficient (Wildman–Crippen LogP) is 4.54. The first kappa shape index (κ1) is 24.0. The second kappa shape index (κ2) is 9.06. The average molecular weight is 518 g/mol. The number of hydrogen-bond acceptors (Lipinski definition) is 7. The van der Waals surface area contributed by atoms with Crippen molar-refractivity contribution in [1.82, 2.24) is 24.7 Å². The van der Waals surface area contributed by atoms with Crippen LogP contribution in [0.25, 0.3) is 22.3 Å². The number of halogens is 3. The number of anilines is 3. The number of H-pyrrole nitrogens is 1. The Kier molecular flexibility index (Phi) is 6.04. The molecule has 1 aliphatic rings. The molecule has 2 aromatic heterocycles. The van der Waals surface area contributed by atoms with Gasteiger partial charge in [-0.1, -0.05) is 30.3 Å². The van der Waals surface area contributed by atoms with Gasteiger partial charge < -0.3 is 15.6 Å². The molecule has 0 saturated heterocycles. The first-order valence-electron chi connectivity index (χ1n) is 11.1. The van der Waals surface area contributed by atoms with Gasteiger partial charge in [-0.2, -0.15) is 22.9 Å². The first-order chi connectivity index (χ1) is 17.1. The zero-order valence-corrected chi connectivity index (χ0v) is 19.8. The quantitative estimate of drug-likeness (QED) is 0.253. The van der Waals surface area contributed by atoms with E-state index in [1.807, 2.05) is 37.3 Å². The highest BCUT2D eigenvalue weighted by Crippen LogP contribution is 2.31. The zero-order chi connectivity index (χ0) is 25.5. The van der Waals surface area contributed by atoms with Crippen LogP contribution in [0.3, 0.4) is 0 Å². The molecule has 1 aliphatic carbocycles. The fourth-order valence-electron chi connectivity index (χ4n) is 3.69. The Morgan fingerprint density at radius 3 is 2.50 bits per heavy atom. The number of nitrogens with zero attached hydrogens (tertiary/aromatic N) is 3. The molecule has 2 heterocycles. The van der Waals surface area contributed by atoms with Crippen LogP contribution < -0.4 is 15.4 Å². The van der Waals surface area contributed by atoms with E-state index in [2.05, 4.69) is 35.3 Å². The van der Waals surface area contributed by atoms with Gasteiger partial charge in [0.2, 0.25) is 21.8 Å². The Morgan fingerprint density at radius 2 is 1.81 bits per heavy atom. The molecule has 1 fully saturated rings. The van der Waals surface area contributed by atoms with Crippen molar-refractivity contribution in [3.63, 3.8) is 0 Å². The molecule has 188 valence electrons. The van der Waals surface area contributed by atoms with E-state index in [1.165, 1.54) is 12.1 Å². The summed E-state index contributed by atoms with van der Waals surface area (Å²) in [5.74, 6) is -0.485. The van der Waals surface area contributed by atoms with Crippen molar-refractivity contribution in [2.24, 2.45) is 0 Å². The minimum Gasteiger partial charge on any atom is -0.356 e. The summed E-state index contributed by atoms with van der Waals surface area (Å²) in [6, 6.07) is 13.9. The summed E-state index contributed by atoms with van der Waals surface area (Å²) in [6.07, 6.45) is -3.28. The SMILES string of the molecule is Cc1c(NCNS(=O)(=O)C2CC2)nc(Nc2ccc3nc(C(F)(F)F)[nH]c3c2)nc1-c1ccccc1. The third-order valence-electron chi connectivity index (χ3n) is 5.69. The monoisotopic (exact) mass is 517 g/mol. The highest BCUT2D eigenvalue weighted by Gasteiger charge is 2.35. The smallest absolute Gasteiger partial charge is 0.356 e. The van der Waals surface area contributed by atoms with Crippen molar-refractivity contribution in [3.8, 4) is 11.3 Å². The number of alkyl halides is 3. The summed E-state index contributed by atoms with van der Waals surface area (Å²) >= 11 is 0. The van der Waals surface area contributed by atoms with Crippen LogP contribution in [0.15, 0.2) is 48.5 Å². The van der Waals surface area contributed by atoms with E-state index >= 15 is 0 Å². The molecule has 13 heteroatoms. The molecule has 0 atom stereocenters. The molecule has 0 unspecified atom stereocenters. The Balaban J connectivity index is 1.45. The fraction of sp³-hybridized carbons (Fsp3) is 0.261. The molecule has 0 spiro atoms. The van der Waals surface area contributed by atoms with Crippen LogP contribution in [-0.2, 0) is 16.2 Å². The molecule has 0 radical (unpaired) electrons. The minimum atomic E-state index is -4.58. The fourth-order valence-corrected chi connectivity index (χ4v) is 4.95. The van der Waals surface area contributed by atoms with E-state index in [9.17, 15) is 21.6 Å². The van der Waals surface area contributed by atoms with Crippen LogP contribution in [0, 0.1) is 6.92 Å². The molecule has 5 rings (SSSR count). The van der Waals surface area contributed by atoms with E-state index in [1.54, 1.807) is 6.07 Å². The second-order valence-electron chi connectivity index (χ2n) is 8.42. The van der Waals surface area contributed by atoms with Gasteiger partial charge >= 0.3 is 6.18 Å². The van der Waals surface area contributed by atoms with E-state index in [0.717, 1.165) is 5.56 Å². The molecule has 0 amide bonds. The number of aromatic amines is 1. The largest absolute Gasteiger partial charge is 0.449 e. The average Bonchev–Trinajstić information content (AvgIpc) is 3.61. The van der Waals surface area contributed by atoms with Crippen molar-refractivity contribution in [3.05, 3.63) is 59.9 Å². The molecule has 36 heavy (non-hydrogen) atoms. The van der Waals surface area contributed by atoms with Gasteiger partial charge in [-0.15, -0.1) is 0 Å². The zero-order valence-electron chi connectivity index (χ0n) is 19.0. The Morgan fingerprint density at radius 1 is 1.06 bits per heavy atom. The lowest BCUT2D eigenvalue weighted by Crippen LogP contribution is -2.32. The van der Waals surface area contributed by atoms with Gasteiger partial charge in [-0.05, 0) is 38.0 Å². The molecule has 9 nitrogen and oxygen atoms in total. The molecule has 0 aliphatic heterocycles. The third kappa shape index (κ3) is 5.11. The molecule has 0 bridgehead atoms. The highest BCUT2D eigenvalue weighted by molar-refractivity contribution is 7.90. The van der Waals surface area contributed by atoms with E-state index in [-0.39, 0.29) is 28.9 Å². The van der Waals surface area contributed by atoms with E-state index in [0.29, 0.717) is 35.6 Å². The number of imidazole rings is 1. The molecule has 4 aromatic rings. The van der Waals surface area contributed by atoms with Crippen molar-refractivity contribution in [1.29, 1.82) is 0 Å². The third-order valence-corrected chi connectivity index (χ3v) is 7.59. The minimum absolute atomic E-state index is 0.0509. The maximum absolute atomic E-state index is 13.0. The van der Waals surface area contributed by atoms with Crippen LogP contribution in [0.2, 0.25) is 0 Å². The Bertz CT molecular complexity index is 1520. The molecular formula is C23H22F3N7O2S. The molecular weight excluding hydrogens is 495 g/mol. The maximum atomic E-state index is 13.0. The van der Waals surface area contributed by atoms with E-state index < -0.39 is 22.0 Å². The summed E-state index contributed by atoms with van der Waals surface area (Å²) in [5, 5.41) is 5.69. The number of sulfonamides is 1. The number of hydrogen-bond donors (Lipinski definition) is 4. The number of fused-ring (bicyclic) bond motifs is 1. The van der Waals surface area contributed by atoms with Crippen LogP contribution >= 0.6 is 0 Å². The summed E-state index contributed by atoms with van der Waals surface area (Å²) in [4.78, 5) is 15.0. The normalized spacial score (nSPS) is 14.2. The van der Waals surface area contributed by atoms with Crippen LogP contribution in [0.4, 0.5) is 30.6 Å². The standard InChI is InChI=1S/C23H22F3N7O2S/c1-13-19(14-5-3-2-4-6-14)32-22(33-20(13)27-12-28-36(34,35)16-8-9-16)29-15-7-10-17-18(11-15)31-21(30-17)23(24,25)26/h2-7,10-11,16,28H,8-9,12H2,1H3,(H,30,31)(H2,27,29,32,33). The van der Waals surface area contributed by atoms with Crippen molar-refractivity contribution in [2.45, 2.75) is 31.2 Å². The van der Waals surface area contributed by atoms with Crippen LogP contribution in [0.1, 0.15) is 24.2 Å². The summed E-state index contributed by atoms with van der Waals surface area (Å²) in [7, 11) is -3.38. The molecule has 1 saturated carbocycles. The van der Waals surface area contributed by atoms with Gasteiger partial charge in [-0.3, -0.25) is 0 Å². The lowest BCUT2D eigenvalue weighted by Gasteiger charge is -2.15. The number of benzene rings is 2. The van der Waals surface area contributed by atoms with Gasteiger partial charge in [0.05, 0.1) is 28.6 Å². The van der Waals surface area contributed by atoms with Crippen molar-refractivity contribution in [2.75, 3.05) is 17.3 Å². The van der Waals surface area contributed by atoms with Crippen molar-refractivity contribution < 1.29 is 21.6 Å². The topological polar surface area (TPSA) is 125 Å². The summed E-state index contributed by atoms with van der Waals surface area (Å²) in [6.45, 7) is 1.77. The molecule has 2 aromatic carbocycles. The van der Waals surface area contributed by atoms with Gasteiger partial charge in [0.25, 0.3) is 0 Å². The van der Waals surface area contributed by atoms with Gasteiger partial charge in [0, 0.05) is 16.8 Å². The number of nitrogens with one attached hydrogen (secondary N) is 4. The van der Waals surface area contributed by atoms with Crippen LogP contribution in [-0.4, -0.2) is 40.3 Å². The molecule has 4 N–H and O–H groups in total. The number of aromatic nitrogens is 4. The van der Waals surface area contributed by atoms with E-state index in [4.69, 9.17) is 0 Å². The maximum Gasteiger partial charge on any atom is 0.449 e. The second-order valence-corrected chi connectivity index (χ2v) is 10.5. The predicted molar refractivity (Wildman–Crippen MR) is 130 cm³/mol. The Hall–Kier alpha value is -3.71. The lowest BCUT2D eigenvalue weighted by atomic mass is 10.1. The number of rotatable bonds is 8. The highest BCUT2D eigenvalue weighted by atomic mass is 32.2. The van der Waals surface area contributed by atoms with Crippen molar-refractivity contribution >= 4 is 38.5 Å². The van der Waals surface area contributed by atoms with Gasteiger partial charge in [0.1, 0.15) is 5.82 Å².